The Bertz CT molecular complexity index is 581. The molecule has 0 N–H and O–H groups in total. The molecule has 0 aromatic heterocycles. The van der Waals surface area contributed by atoms with Crippen LogP contribution in [0.25, 0.3) is 0 Å². The first-order valence-electron chi connectivity index (χ1n) is 7.67. The number of piperidine rings is 1. The molecule has 2 fully saturated rings. The van der Waals surface area contributed by atoms with Crippen molar-refractivity contribution in [3.05, 3.63) is 27.7 Å². The van der Waals surface area contributed by atoms with E-state index in [0.29, 0.717) is 49.9 Å². The number of hydrogen-bond donors (Lipinski definition) is 0. The molecular formula is C16H19BrClNO4. The second-order valence-corrected chi connectivity index (χ2v) is 7.09. The van der Waals surface area contributed by atoms with Crippen LogP contribution in [-0.4, -0.2) is 49.0 Å². The molecule has 0 radical (unpaired) electrons. The number of hydrogen-bond acceptors (Lipinski definition) is 4. The maximum absolute atomic E-state index is 12.6. The molecule has 2 saturated heterocycles. The van der Waals surface area contributed by atoms with Gasteiger partial charge in [0.15, 0.2) is 11.9 Å². The van der Waals surface area contributed by atoms with Crippen LogP contribution in [0.3, 0.4) is 0 Å². The molecule has 23 heavy (non-hydrogen) atoms. The zero-order chi connectivity index (χ0) is 16.4. The summed E-state index contributed by atoms with van der Waals surface area (Å²) in [6.07, 6.45) is 0.808. The Balaban J connectivity index is 1.57. The summed E-state index contributed by atoms with van der Waals surface area (Å²) in [5, 5.41) is 0.476. The Labute approximate surface area is 149 Å². The van der Waals surface area contributed by atoms with Gasteiger partial charge in [0.2, 0.25) is 0 Å². The number of rotatable bonds is 3. The predicted octanol–water partition coefficient (Wildman–Crippen LogP) is 3.24. The van der Waals surface area contributed by atoms with Crippen molar-refractivity contribution in [2.75, 3.05) is 26.3 Å². The SMILES string of the molecule is C[C@@H](Oc1ccc(Br)cc1Cl)C(=O)N1CCC2(CC1)OCCO2. The minimum atomic E-state index is -0.590. The summed E-state index contributed by atoms with van der Waals surface area (Å²) in [4.78, 5) is 14.4. The average molecular weight is 405 g/mol. The van der Waals surface area contributed by atoms with Gasteiger partial charge in [-0.1, -0.05) is 27.5 Å². The van der Waals surface area contributed by atoms with Crippen LogP contribution in [0, 0.1) is 0 Å². The van der Waals surface area contributed by atoms with Crippen molar-refractivity contribution in [2.24, 2.45) is 0 Å². The van der Waals surface area contributed by atoms with E-state index < -0.39 is 11.9 Å². The summed E-state index contributed by atoms with van der Waals surface area (Å²) in [6, 6.07) is 5.33. The zero-order valence-electron chi connectivity index (χ0n) is 12.9. The molecule has 1 amide bonds. The molecule has 5 nitrogen and oxygen atoms in total. The molecule has 1 atom stereocenters. The Morgan fingerprint density at radius 3 is 2.61 bits per heavy atom. The second kappa shape index (κ2) is 6.97. The molecule has 0 unspecified atom stereocenters. The molecule has 7 heteroatoms. The number of halogens is 2. The van der Waals surface area contributed by atoms with E-state index >= 15 is 0 Å². The van der Waals surface area contributed by atoms with Crippen LogP contribution in [0.5, 0.6) is 5.75 Å². The van der Waals surface area contributed by atoms with Crippen molar-refractivity contribution in [1.29, 1.82) is 0 Å². The Morgan fingerprint density at radius 1 is 1.35 bits per heavy atom. The van der Waals surface area contributed by atoms with Crippen LogP contribution in [0.1, 0.15) is 19.8 Å². The highest BCUT2D eigenvalue weighted by Gasteiger charge is 2.41. The lowest BCUT2D eigenvalue weighted by Gasteiger charge is -2.38. The van der Waals surface area contributed by atoms with Crippen molar-refractivity contribution < 1.29 is 19.0 Å². The van der Waals surface area contributed by atoms with Gasteiger partial charge < -0.3 is 19.1 Å². The largest absolute Gasteiger partial charge is 0.479 e. The Morgan fingerprint density at radius 2 is 2.00 bits per heavy atom. The fourth-order valence-corrected chi connectivity index (χ4v) is 3.64. The Kier molecular flexibility index (Phi) is 5.16. The summed E-state index contributed by atoms with van der Waals surface area (Å²) in [6.45, 7) is 4.24. The average Bonchev–Trinajstić information content (AvgIpc) is 2.98. The lowest BCUT2D eigenvalue weighted by atomic mass is 10.0. The predicted molar refractivity (Wildman–Crippen MR) is 89.7 cm³/mol. The van der Waals surface area contributed by atoms with E-state index in [-0.39, 0.29) is 5.91 Å². The zero-order valence-corrected chi connectivity index (χ0v) is 15.2. The van der Waals surface area contributed by atoms with Crippen LogP contribution in [0.2, 0.25) is 5.02 Å². The molecule has 0 bridgehead atoms. The number of ether oxygens (including phenoxy) is 3. The van der Waals surface area contributed by atoms with E-state index in [0.717, 1.165) is 4.47 Å². The fraction of sp³-hybridized carbons (Fsp3) is 0.562. The molecule has 0 saturated carbocycles. The van der Waals surface area contributed by atoms with Crippen molar-refractivity contribution in [1.82, 2.24) is 4.90 Å². The second-order valence-electron chi connectivity index (χ2n) is 5.77. The van der Waals surface area contributed by atoms with Gasteiger partial charge in [-0.15, -0.1) is 0 Å². The number of carbonyl (C=O) groups excluding carboxylic acids is 1. The smallest absolute Gasteiger partial charge is 0.263 e. The van der Waals surface area contributed by atoms with E-state index in [1.807, 2.05) is 6.07 Å². The highest BCUT2D eigenvalue weighted by molar-refractivity contribution is 9.10. The molecule has 1 spiro atoms. The van der Waals surface area contributed by atoms with Crippen molar-refractivity contribution in [3.63, 3.8) is 0 Å². The molecule has 1 aromatic carbocycles. The van der Waals surface area contributed by atoms with Gasteiger partial charge in [0.25, 0.3) is 5.91 Å². The third-order valence-electron chi connectivity index (χ3n) is 4.20. The fourth-order valence-electron chi connectivity index (χ4n) is 2.92. The molecule has 1 aromatic rings. The maximum Gasteiger partial charge on any atom is 0.263 e. The number of nitrogens with zero attached hydrogens (tertiary/aromatic N) is 1. The van der Waals surface area contributed by atoms with E-state index in [1.54, 1.807) is 24.0 Å². The molecule has 2 aliphatic rings. The highest BCUT2D eigenvalue weighted by Crippen LogP contribution is 2.32. The van der Waals surface area contributed by atoms with Gasteiger partial charge in [-0.2, -0.15) is 0 Å². The third-order valence-corrected chi connectivity index (χ3v) is 4.98. The first-order valence-corrected chi connectivity index (χ1v) is 8.85. The van der Waals surface area contributed by atoms with Crippen LogP contribution in [0.4, 0.5) is 0 Å². The third kappa shape index (κ3) is 3.82. The number of likely N-dealkylation sites (tertiary alicyclic amines) is 1. The van der Waals surface area contributed by atoms with E-state index in [2.05, 4.69) is 15.9 Å². The quantitative estimate of drug-likeness (QED) is 0.776. The summed E-state index contributed by atoms with van der Waals surface area (Å²) >= 11 is 9.48. The van der Waals surface area contributed by atoms with Gasteiger partial charge >= 0.3 is 0 Å². The molecular weight excluding hydrogens is 386 g/mol. The van der Waals surface area contributed by atoms with Gasteiger partial charge in [-0.25, -0.2) is 0 Å². The standard InChI is InChI=1S/C16H19BrClNO4/c1-11(23-14-3-2-12(17)10-13(14)18)15(20)19-6-4-16(5-7-19)21-8-9-22-16/h2-3,10-11H,4-9H2,1H3/t11-/m1/s1. The molecule has 3 rings (SSSR count). The minimum absolute atomic E-state index is 0.0446. The number of amides is 1. The Hall–Kier alpha value is -0.820. The van der Waals surface area contributed by atoms with Gasteiger partial charge in [0.05, 0.1) is 18.2 Å². The molecule has 0 aliphatic carbocycles. The summed E-state index contributed by atoms with van der Waals surface area (Å²) in [5.41, 5.74) is 0. The van der Waals surface area contributed by atoms with E-state index in [9.17, 15) is 4.79 Å². The van der Waals surface area contributed by atoms with Crippen LogP contribution < -0.4 is 4.74 Å². The first-order chi connectivity index (χ1) is 11.0. The van der Waals surface area contributed by atoms with Crippen molar-refractivity contribution in [3.8, 4) is 5.75 Å². The first kappa shape index (κ1) is 17.0. The number of carbonyl (C=O) groups is 1. The highest BCUT2D eigenvalue weighted by atomic mass is 79.9. The molecule has 126 valence electrons. The van der Waals surface area contributed by atoms with Gasteiger partial charge in [-0.05, 0) is 25.1 Å². The molecule has 2 heterocycles. The van der Waals surface area contributed by atoms with E-state index in [4.69, 9.17) is 25.8 Å². The number of benzene rings is 1. The van der Waals surface area contributed by atoms with Crippen molar-refractivity contribution in [2.45, 2.75) is 31.7 Å². The normalized spacial score (nSPS) is 21.4. The van der Waals surface area contributed by atoms with Crippen LogP contribution >= 0.6 is 27.5 Å². The van der Waals surface area contributed by atoms with Gasteiger partial charge in [0, 0.05) is 30.4 Å². The van der Waals surface area contributed by atoms with Crippen molar-refractivity contribution >= 4 is 33.4 Å². The monoisotopic (exact) mass is 403 g/mol. The summed E-state index contributed by atoms with van der Waals surface area (Å²) in [7, 11) is 0. The van der Waals surface area contributed by atoms with E-state index in [1.165, 1.54) is 0 Å². The molecule has 2 aliphatic heterocycles. The summed E-state index contributed by atoms with van der Waals surface area (Å²) < 4.78 is 18.0. The van der Waals surface area contributed by atoms with Gasteiger partial charge in [0.1, 0.15) is 5.75 Å². The topological polar surface area (TPSA) is 48.0 Å². The minimum Gasteiger partial charge on any atom is -0.479 e. The summed E-state index contributed by atoms with van der Waals surface area (Å²) in [5.74, 6) is -0.0147. The van der Waals surface area contributed by atoms with Gasteiger partial charge in [-0.3, -0.25) is 4.79 Å². The lowest BCUT2D eigenvalue weighted by molar-refractivity contribution is -0.188. The lowest BCUT2D eigenvalue weighted by Crippen LogP contribution is -2.50. The maximum atomic E-state index is 12.6. The van der Waals surface area contributed by atoms with Crippen LogP contribution in [0.15, 0.2) is 22.7 Å². The van der Waals surface area contributed by atoms with Crippen LogP contribution in [-0.2, 0) is 14.3 Å².